The summed E-state index contributed by atoms with van der Waals surface area (Å²) < 4.78 is 7.00. The molecule has 0 atom stereocenters. The van der Waals surface area contributed by atoms with Crippen molar-refractivity contribution in [2.45, 2.75) is 5.60 Å². The molecule has 0 spiro atoms. The molecule has 3 aromatic rings. The van der Waals surface area contributed by atoms with E-state index in [-0.39, 0.29) is 0 Å². The van der Waals surface area contributed by atoms with E-state index in [2.05, 4.69) is 49.0 Å². The zero-order valence-electron chi connectivity index (χ0n) is 15.5. The van der Waals surface area contributed by atoms with Crippen LogP contribution >= 0.6 is 38.5 Å². The maximum atomic E-state index is 13.0. The summed E-state index contributed by atoms with van der Waals surface area (Å²) in [6, 6.07) is 21.3. The van der Waals surface area contributed by atoms with Crippen molar-refractivity contribution in [1.82, 2.24) is 5.43 Å². The predicted molar refractivity (Wildman–Crippen MR) is 125 cm³/mol. The second-order valence-electron chi connectivity index (χ2n) is 6.16. The van der Waals surface area contributed by atoms with Crippen LogP contribution in [-0.4, -0.2) is 24.3 Å². The van der Waals surface area contributed by atoms with Crippen molar-refractivity contribution < 1.29 is 14.6 Å². The van der Waals surface area contributed by atoms with E-state index in [0.29, 0.717) is 11.1 Å². The molecule has 0 bridgehead atoms. The minimum absolute atomic E-state index is 0.459. The summed E-state index contributed by atoms with van der Waals surface area (Å²) in [5.41, 5.74) is 2.29. The Balaban J connectivity index is 1.88. The zero-order valence-corrected chi connectivity index (χ0v) is 19.2. The lowest BCUT2D eigenvalue weighted by Crippen LogP contribution is -2.43. The normalized spacial score (nSPS) is 11.4. The first-order valence-corrected chi connectivity index (χ1v) is 10.5. The van der Waals surface area contributed by atoms with Gasteiger partial charge < -0.3 is 9.84 Å². The Morgan fingerprint density at radius 1 is 1.10 bits per heavy atom. The summed E-state index contributed by atoms with van der Waals surface area (Å²) in [5, 5.41) is 15.4. The Bertz CT molecular complexity index is 964. The Labute approximate surface area is 191 Å². The third-order valence-electron chi connectivity index (χ3n) is 4.32. The van der Waals surface area contributed by atoms with Gasteiger partial charge in [0.1, 0.15) is 5.75 Å². The van der Waals surface area contributed by atoms with Gasteiger partial charge in [0.25, 0.3) is 5.91 Å². The highest BCUT2D eigenvalue weighted by Gasteiger charge is 2.39. The molecule has 0 aromatic heterocycles. The Morgan fingerprint density at radius 3 is 2.14 bits per heavy atom. The number of nitrogens with zero attached hydrogens (tertiary/aromatic N) is 1. The van der Waals surface area contributed by atoms with Gasteiger partial charge in [-0.3, -0.25) is 4.79 Å². The van der Waals surface area contributed by atoms with E-state index < -0.39 is 11.5 Å². The van der Waals surface area contributed by atoms with Gasteiger partial charge in [-0.1, -0.05) is 60.7 Å². The summed E-state index contributed by atoms with van der Waals surface area (Å²) >= 11 is 5.61. The van der Waals surface area contributed by atoms with E-state index in [9.17, 15) is 9.90 Å². The van der Waals surface area contributed by atoms with Crippen LogP contribution in [0.1, 0.15) is 16.7 Å². The summed E-state index contributed by atoms with van der Waals surface area (Å²) in [6.45, 7) is 0. The highest BCUT2D eigenvalue weighted by Crippen LogP contribution is 2.31. The molecule has 0 aliphatic rings. The van der Waals surface area contributed by atoms with Gasteiger partial charge >= 0.3 is 0 Å². The van der Waals surface area contributed by atoms with Crippen molar-refractivity contribution in [3.63, 3.8) is 0 Å². The van der Waals surface area contributed by atoms with E-state index >= 15 is 0 Å². The highest BCUT2D eigenvalue weighted by molar-refractivity contribution is 14.1. The standard InChI is InChI=1S/C22H18BrIN2O3/c1-29-20-18(23)12-15(13-19(20)24)14-25-26-21(27)22(28,16-8-4-2-5-9-16)17-10-6-3-7-11-17/h2-14,28H,1H3,(H,26,27)/b25-14+. The van der Waals surface area contributed by atoms with Crippen LogP contribution in [0.25, 0.3) is 0 Å². The first-order valence-electron chi connectivity index (χ1n) is 8.66. The molecule has 0 heterocycles. The van der Waals surface area contributed by atoms with Crippen LogP contribution < -0.4 is 10.2 Å². The van der Waals surface area contributed by atoms with Gasteiger partial charge in [0.15, 0.2) is 5.60 Å². The monoisotopic (exact) mass is 564 g/mol. The lowest BCUT2D eigenvalue weighted by Gasteiger charge is -2.27. The predicted octanol–water partition coefficient (Wildman–Crippen LogP) is 4.45. The second-order valence-corrected chi connectivity index (χ2v) is 8.18. The third kappa shape index (κ3) is 4.68. The molecule has 0 fully saturated rings. The van der Waals surface area contributed by atoms with Crippen LogP contribution in [0.15, 0.2) is 82.4 Å². The zero-order chi connectivity index (χ0) is 20.9. The molecule has 7 heteroatoms. The number of methoxy groups -OCH3 is 1. The van der Waals surface area contributed by atoms with Gasteiger partial charge in [-0.15, -0.1) is 0 Å². The Hall–Kier alpha value is -2.23. The van der Waals surface area contributed by atoms with Gasteiger partial charge in [0.05, 0.1) is 21.4 Å². The highest BCUT2D eigenvalue weighted by atomic mass is 127. The van der Waals surface area contributed by atoms with Gasteiger partial charge in [-0.2, -0.15) is 5.10 Å². The minimum atomic E-state index is -1.87. The first-order chi connectivity index (χ1) is 14.0. The number of nitrogens with one attached hydrogen (secondary N) is 1. The lowest BCUT2D eigenvalue weighted by atomic mass is 9.85. The van der Waals surface area contributed by atoms with E-state index in [1.807, 2.05) is 24.3 Å². The molecular weight excluding hydrogens is 547 g/mol. The summed E-state index contributed by atoms with van der Waals surface area (Å²) in [5.74, 6) is 0.0859. The second kappa shape index (κ2) is 9.51. The molecule has 3 rings (SSSR count). The van der Waals surface area contributed by atoms with Crippen LogP contribution in [0, 0.1) is 3.57 Å². The number of hydrazone groups is 1. The number of carbonyl (C=O) groups excluding carboxylic acids is 1. The molecule has 0 aliphatic carbocycles. The number of aliphatic hydroxyl groups is 1. The number of ether oxygens (including phenoxy) is 1. The fourth-order valence-electron chi connectivity index (χ4n) is 2.88. The van der Waals surface area contributed by atoms with Gasteiger partial charge in [0, 0.05) is 0 Å². The fraction of sp³-hybridized carbons (Fsp3) is 0.0909. The molecule has 0 unspecified atom stereocenters. The van der Waals surface area contributed by atoms with Crippen molar-refractivity contribution in [1.29, 1.82) is 0 Å². The average molecular weight is 565 g/mol. The molecule has 0 saturated heterocycles. The van der Waals surface area contributed by atoms with Crippen LogP contribution in [0.3, 0.4) is 0 Å². The van der Waals surface area contributed by atoms with E-state index in [4.69, 9.17) is 4.74 Å². The number of rotatable bonds is 6. The summed E-state index contributed by atoms with van der Waals surface area (Å²) in [7, 11) is 1.60. The largest absolute Gasteiger partial charge is 0.494 e. The topological polar surface area (TPSA) is 70.9 Å². The molecule has 0 saturated carbocycles. The molecule has 3 aromatic carbocycles. The Kier molecular flexibility index (Phi) is 7.05. The molecular formula is C22H18BrIN2O3. The first kappa shape index (κ1) is 21.5. The van der Waals surface area contributed by atoms with Crippen LogP contribution in [0.2, 0.25) is 0 Å². The maximum Gasteiger partial charge on any atom is 0.281 e. The van der Waals surface area contributed by atoms with Gasteiger partial charge in [-0.05, 0) is 67.3 Å². The number of amides is 1. The van der Waals surface area contributed by atoms with E-state index in [1.165, 1.54) is 6.21 Å². The number of benzene rings is 3. The summed E-state index contributed by atoms with van der Waals surface area (Å²) in [4.78, 5) is 13.0. The fourth-order valence-corrected chi connectivity index (χ4v) is 4.76. The van der Waals surface area contributed by atoms with Crippen LogP contribution in [-0.2, 0) is 10.4 Å². The van der Waals surface area contributed by atoms with Crippen molar-refractivity contribution in [2.75, 3.05) is 7.11 Å². The number of hydrogen-bond donors (Lipinski definition) is 2. The maximum absolute atomic E-state index is 13.0. The number of halogens is 2. The van der Waals surface area contributed by atoms with Crippen LogP contribution in [0.4, 0.5) is 0 Å². The quantitative estimate of drug-likeness (QED) is 0.264. The molecule has 29 heavy (non-hydrogen) atoms. The molecule has 148 valence electrons. The van der Waals surface area contributed by atoms with Gasteiger partial charge in [-0.25, -0.2) is 5.43 Å². The minimum Gasteiger partial charge on any atom is -0.494 e. The lowest BCUT2D eigenvalue weighted by molar-refractivity contribution is -0.136. The van der Waals surface area contributed by atoms with E-state index in [1.54, 1.807) is 55.6 Å². The van der Waals surface area contributed by atoms with Crippen molar-refractivity contribution in [3.05, 3.63) is 97.5 Å². The number of hydrogen-bond acceptors (Lipinski definition) is 4. The van der Waals surface area contributed by atoms with Crippen molar-refractivity contribution in [3.8, 4) is 5.75 Å². The van der Waals surface area contributed by atoms with Gasteiger partial charge in [0.2, 0.25) is 0 Å². The molecule has 1 amide bonds. The van der Waals surface area contributed by atoms with Crippen LogP contribution in [0.5, 0.6) is 5.75 Å². The Morgan fingerprint density at radius 2 is 1.66 bits per heavy atom. The summed E-state index contributed by atoms with van der Waals surface area (Å²) in [6.07, 6.45) is 1.51. The average Bonchev–Trinajstić information content (AvgIpc) is 2.74. The smallest absolute Gasteiger partial charge is 0.281 e. The molecule has 0 aliphatic heterocycles. The number of carbonyl (C=O) groups is 1. The SMILES string of the molecule is COc1c(Br)cc(/C=N/NC(=O)C(O)(c2ccccc2)c2ccccc2)cc1I. The van der Waals surface area contributed by atoms with E-state index in [0.717, 1.165) is 19.4 Å². The molecule has 0 radical (unpaired) electrons. The molecule has 2 N–H and O–H groups in total. The molecule has 5 nitrogen and oxygen atoms in total. The van der Waals surface area contributed by atoms with Crippen molar-refractivity contribution >= 4 is 50.6 Å². The van der Waals surface area contributed by atoms with Crippen molar-refractivity contribution in [2.24, 2.45) is 5.10 Å². The third-order valence-corrected chi connectivity index (χ3v) is 5.71.